The van der Waals surface area contributed by atoms with Crippen molar-refractivity contribution in [2.75, 3.05) is 12.3 Å². The zero-order valence-electron chi connectivity index (χ0n) is 10.7. The molecule has 2 N–H and O–H groups in total. The molecule has 2 rings (SSSR count). The fourth-order valence-corrected chi connectivity index (χ4v) is 1.88. The molecule has 1 aromatic carbocycles. The lowest BCUT2D eigenvalue weighted by Gasteiger charge is -2.11. The van der Waals surface area contributed by atoms with Crippen molar-refractivity contribution >= 4 is 5.69 Å². The van der Waals surface area contributed by atoms with Crippen molar-refractivity contribution in [1.29, 1.82) is 0 Å². The number of nitrogens with two attached hydrogens (primary N) is 1. The number of ether oxygens (including phenoxy) is 1. The number of anilines is 1. The summed E-state index contributed by atoms with van der Waals surface area (Å²) in [6.07, 6.45) is 0. The van der Waals surface area contributed by atoms with Crippen molar-refractivity contribution in [2.45, 2.75) is 20.8 Å². The Labute approximate surface area is 105 Å². The van der Waals surface area contributed by atoms with E-state index < -0.39 is 5.82 Å². The maximum atomic E-state index is 13.6. The monoisotopic (exact) mass is 249 g/mol. The molecule has 4 nitrogen and oxygen atoms in total. The Morgan fingerprint density at radius 3 is 2.61 bits per heavy atom. The predicted octanol–water partition coefficient (Wildman–Crippen LogP) is 2.61. The van der Waals surface area contributed by atoms with Crippen molar-refractivity contribution < 1.29 is 9.13 Å². The van der Waals surface area contributed by atoms with Crippen LogP contribution in [0.1, 0.15) is 18.3 Å². The molecule has 0 fully saturated rings. The summed E-state index contributed by atoms with van der Waals surface area (Å²) in [4.78, 5) is 0. The van der Waals surface area contributed by atoms with Gasteiger partial charge in [0.25, 0.3) is 0 Å². The molecule has 1 aromatic heterocycles. The SMILES string of the molecule is CCOc1cc(-n2nc(C)cc2C)c(N)cc1F. The molecular formula is C13H16FN3O. The molecule has 0 radical (unpaired) electrons. The van der Waals surface area contributed by atoms with Gasteiger partial charge in [-0.1, -0.05) is 0 Å². The Morgan fingerprint density at radius 2 is 2.06 bits per heavy atom. The van der Waals surface area contributed by atoms with Gasteiger partial charge in [0.1, 0.15) is 0 Å². The molecule has 0 aliphatic carbocycles. The molecule has 5 heteroatoms. The molecule has 0 aliphatic heterocycles. The van der Waals surface area contributed by atoms with Gasteiger partial charge >= 0.3 is 0 Å². The van der Waals surface area contributed by atoms with Gasteiger partial charge in [-0.2, -0.15) is 5.10 Å². The van der Waals surface area contributed by atoms with Gasteiger partial charge in [-0.15, -0.1) is 0 Å². The van der Waals surface area contributed by atoms with Crippen LogP contribution < -0.4 is 10.5 Å². The molecule has 0 aliphatic rings. The minimum Gasteiger partial charge on any atom is -0.491 e. The number of rotatable bonds is 3. The van der Waals surface area contributed by atoms with E-state index in [1.54, 1.807) is 17.7 Å². The number of nitrogens with zero attached hydrogens (tertiary/aromatic N) is 2. The Hall–Kier alpha value is -2.04. The van der Waals surface area contributed by atoms with Crippen LogP contribution in [-0.4, -0.2) is 16.4 Å². The first kappa shape index (κ1) is 12.4. The Balaban J connectivity index is 2.56. The molecule has 0 unspecified atom stereocenters. The first-order valence-electron chi connectivity index (χ1n) is 5.78. The second-order valence-corrected chi connectivity index (χ2v) is 4.11. The van der Waals surface area contributed by atoms with E-state index in [1.165, 1.54) is 6.07 Å². The molecule has 18 heavy (non-hydrogen) atoms. The third-order valence-electron chi connectivity index (χ3n) is 2.62. The smallest absolute Gasteiger partial charge is 0.167 e. The highest BCUT2D eigenvalue weighted by molar-refractivity contribution is 5.61. The molecular weight excluding hydrogens is 233 g/mol. The van der Waals surface area contributed by atoms with Crippen molar-refractivity contribution in [1.82, 2.24) is 9.78 Å². The zero-order chi connectivity index (χ0) is 13.3. The molecule has 0 atom stereocenters. The van der Waals surface area contributed by atoms with Gasteiger partial charge in [0.05, 0.1) is 23.7 Å². The summed E-state index contributed by atoms with van der Waals surface area (Å²) < 4.78 is 20.5. The maximum Gasteiger partial charge on any atom is 0.167 e. The standard InChI is InChI=1S/C13H16FN3O/c1-4-18-13-7-12(11(15)6-10(13)14)17-9(3)5-8(2)16-17/h5-7H,4,15H2,1-3H3. The van der Waals surface area contributed by atoms with Crippen molar-refractivity contribution in [3.8, 4) is 11.4 Å². The predicted molar refractivity (Wildman–Crippen MR) is 68.6 cm³/mol. The lowest BCUT2D eigenvalue weighted by molar-refractivity contribution is 0.321. The average molecular weight is 249 g/mol. The molecule has 96 valence electrons. The van der Waals surface area contributed by atoms with E-state index in [-0.39, 0.29) is 5.75 Å². The second-order valence-electron chi connectivity index (χ2n) is 4.11. The minimum absolute atomic E-state index is 0.189. The van der Waals surface area contributed by atoms with E-state index in [0.29, 0.717) is 18.0 Å². The van der Waals surface area contributed by atoms with Crippen LogP contribution >= 0.6 is 0 Å². The molecule has 0 bridgehead atoms. The summed E-state index contributed by atoms with van der Waals surface area (Å²) in [5.74, 6) is -0.270. The fraction of sp³-hybridized carbons (Fsp3) is 0.308. The van der Waals surface area contributed by atoms with Crippen molar-refractivity contribution in [3.05, 3.63) is 35.4 Å². The van der Waals surface area contributed by atoms with Gasteiger partial charge in [-0.25, -0.2) is 9.07 Å². The highest BCUT2D eigenvalue weighted by Gasteiger charge is 2.12. The van der Waals surface area contributed by atoms with Crippen LogP contribution in [0.4, 0.5) is 10.1 Å². The van der Waals surface area contributed by atoms with Gasteiger partial charge in [-0.05, 0) is 26.8 Å². The Bertz CT molecular complexity index is 578. The molecule has 0 spiro atoms. The summed E-state index contributed by atoms with van der Waals surface area (Å²) >= 11 is 0. The fourth-order valence-electron chi connectivity index (χ4n) is 1.88. The van der Waals surface area contributed by atoms with E-state index >= 15 is 0 Å². The summed E-state index contributed by atoms with van der Waals surface area (Å²) in [5.41, 5.74) is 8.63. The van der Waals surface area contributed by atoms with Crippen molar-refractivity contribution in [3.63, 3.8) is 0 Å². The van der Waals surface area contributed by atoms with E-state index in [1.807, 2.05) is 19.9 Å². The highest BCUT2D eigenvalue weighted by Crippen LogP contribution is 2.27. The lowest BCUT2D eigenvalue weighted by atomic mass is 10.2. The number of aromatic nitrogens is 2. The summed E-state index contributed by atoms with van der Waals surface area (Å²) in [7, 11) is 0. The summed E-state index contributed by atoms with van der Waals surface area (Å²) in [6, 6.07) is 4.77. The normalized spacial score (nSPS) is 10.7. The van der Waals surface area contributed by atoms with E-state index in [2.05, 4.69) is 5.10 Å². The van der Waals surface area contributed by atoms with Gasteiger partial charge in [-0.3, -0.25) is 0 Å². The third-order valence-corrected chi connectivity index (χ3v) is 2.62. The van der Waals surface area contributed by atoms with Crippen LogP contribution in [0.3, 0.4) is 0 Å². The second kappa shape index (κ2) is 4.68. The summed E-state index contributed by atoms with van der Waals surface area (Å²) in [5, 5.41) is 4.33. The van der Waals surface area contributed by atoms with Crippen LogP contribution in [0.5, 0.6) is 5.75 Å². The maximum absolute atomic E-state index is 13.6. The quantitative estimate of drug-likeness (QED) is 0.851. The van der Waals surface area contributed by atoms with E-state index in [0.717, 1.165) is 11.4 Å². The molecule has 0 saturated carbocycles. The topological polar surface area (TPSA) is 53.1 Å². The number of nitrogen functional groups attached to an aromatic ring is 1. The highest BCUT2D eigenvalue weighted by atomic mass is 19.1. The number of hydrogen-bond donors (Lipinski definition) is 1. The first-order valence-corrected chi connectivity index (χ1v) is 5.78. The van der Waals surface area contributed by atoms with Crippen LogP contribution in [0.15, 0.2) is 18.2 Å². The Morgan fingerprint density at radius 1 is 1.33 bits per heavy atom. The van der Waals surface area contributed by atoms with Crippen LogP contribution in [0, 0.1) is 19.7 Å². The third kappa shape index (κ3) is 2.16. The number of hydrogen-bond acceptors (Lipinski definition) is 3. The number of aryl methyl sites for hydroxylation is 2. The van der Waals surface area contributed by atoms with Gasteiger partial charge in [0, 0.05) is 17.8 Å². The molecule has 0 amide bonds. The molecule has 1 heterocycles. The largest absolute Gasteiger partial charge is 0.491 e. The van der Waals surface area contributed by atoms with Gasteiger partial charge < -0.3 is 10.5 Å². The Kier molecular flexibility index (Phi) is 3.23. The molecule has 0 saturated heterocycles. The molecule has 2 aromatic rings. The van der Waals surface area contributed by atoms with Crippen LogP contribution in [0.25, 0.3) is 5.69 Å². The van der Waals surface area contributed by atoms with E-state index in [9.17, 15) is 4.39 Å². The lowest BCUT2D eigenvalue weighted by Crippen LogP contribution is -2.06. The minimum atomic E-state index is -0.459. The number of benzene rings is 1. The van der Waals surface area contributed by atoms with Crippen molar-refractivity contribution in [2.24, 2.45) is 0 Å². The van der Waals surface area contributed by atoms with Gasteiger partial charge in [0.2, 0.25) is 0 Å². The number of halogens is 1. The van der Waals surface area contributed by atoms with Crippen LogP contribution in [0.2, 0.25) is 0 Å². The van der Waals surface area contributed by atoms with E-state index in [4.69, 9.17) is 10.5 Å². The zero-order valence-corrected chi connectivity index (χ0v) is 10.7. The van der Waals surface area contributed by atoms with Crippen LogP contribution in [-0.2, 0) is 0 Å². The first-order chi connectivity index (χ1) is 8.52. The van der Waals surface area contributed by atoms with Gasteiger partial charge in [0.15, 0.2) is 11.6 Å². The average Bonchev–Trinajstić information content (AvgIpc) is 2.62. The summed E-state index contributed by atoms with van der Waals surface area (Å²) in [6.45, 7) is 6.02.